The molecule has 0 aliphatic carbocycles. The number of para-hydroxylation sites is 1. The zero-order valence-electron chi connectivity index (χ0n) is 19.9. The molecule has 0 heterocycles. The van der Waals surface area contributed by atoms with E-state index in [9.17, 15) is 9.59 Å². The fourth-order valence-electron chi connectivity index (χ4n) is 4.00. The number of carbonyl (C=O) groups excluding carboxylic acids is 2. The highest BCUT2D eigenvalue weighted by atomic mass is 32.2. The third kappa shape index (κ3) is 6.18. The van der Waals surface area contributed by atoms with Crippen molar-refractivity contribution in [2.24, 2.45) is 0 Å². The minimum atomic E-state index is -0.458. The molecule has 3 amide bonds. The van der Waals surface area contributed by atoms with Crippen molar-refractivity contribution in [2.45, 2.75) is 10.1 Å². The van der Waals surface area contributed by atoms with Crippen molar-refractivity contribution in [3.63, 3.8) is 0 Å². The fourth-order valence-corrected chi connectivity index (χ4v) is 5.03. The molecule has 1 unspecified atom stereocenters. The highest BCUT2D eigenvalue weighted by molar-refractivity contribution is 8.00. The van der Waals surface area contributed by atoms with Crippen LogP contribution >= 0.6 is 11.8 Å². The molecule has 0 aromatic heterocycles. The standard InChI is InChI=1S/C31H25N3O2S/c35-30(34-28-17-9-13-22-10-7-8-16-27(22)28)29(23-11-3-1-4-12-23)37-26-20-18-25(19-21-26)33-31(36)32-24-14-5-2-6-15-24/h1-21,29H,(H,34,35)(H2,32,33,36). The molecule has 0 radical (unpaired) electrons. The highest BCUT2D eigenvalue weighted by Gasteiger charge is 2.23. The summed E-state index contributed by atoms with van der Waals surface area (Å²) in [6, 6.07) is 40.1. The van der Waals surface area contributed by atoms with Crippen molar-refractivity contribution in [3.8, 4) is 0 Å². The number of hydrogen-bond acceptors (Lipinski definition) is 3. The molecule has 0 spiro atoms. The van der Waals surface area contributed by atoms with Gasteiger partial charge in [0.2, 0.25) is 5.91 Å². The summed E-state index contributed by atoms with van der Waals surface area (Å²) < 4.78 is 0. The van der Waals surface area contributed by atoms with Crippen molar-refractivity contribution >= 4 is 51.5 Å². The number of benzene rings is 5. The molecular formula is C31H25N3O2S. The summed E-state index contributed by atoms with van der Waals surface area (Å²) in [5.74, 6) is -0.100. The van der Waals surface area contributed by atoms with Gasteiger partial charge in [-0.3, -0.25) is 4.79 Å². The van der Waals surface area contributed by atoms with Crippen LogP contribution in [0, 0.1) is 0 Å². The lowest BCUT2D eigenvalue weighted by molar-refractivity contribution is -0.115. The lowest BCUT2D eigenvalue weighted by Crippen LogP contribution is -2.19. The Kier molecular flexibility index (Phi) is 7.48. The second-order valence-electron chi connectivity index (χ2n) is 8.39. The number of carbonyl (C=O) groups is 2. The van der Waals surface area contributed by atoms with Crippen LogP contribution in [0.5, 0.6) is 0 Å². The molecule has 182 valence electrons. The second-order valence-corrected chi connectivity index (χ2v) is 9.57. The van der Waals surface area contributed by atoms with Gasteiger partial charge in [0.1, 0.15) is 5.25 Å². The number of fused-ring (bicyclic) bond motifs is 1. The normalized spacial score (nSPS) is 11.5. The quantitative estimate of drug-likeness (QED) is 0.197. The smallest absolute Gasteiger partial charge is 0.323 e. The molecule has 3 N–H and O–H groups in total. The van der Waals surface area contributed by atoms with Crippen LogP contribution in [0.3, 0.4) is 0 Å². The van der Waals surface area contributed by atoms with Gasteiger partial charge in [0.25, 0.3) is 0 Å². The number of amides is 3. The van der Waals surface area contributed by atoms with Crippen LogP contribution in [0.15, 0.2) is 132 Å². The van der Waals surface area contributed by atoms with Crippen LogP contribution in [-0.2, 0) is 4.79 Å². The highest BCUT2D eigenvalue weighted by Crippen LogP contribution is 2.37. The van der Waals surface area contributed by atoms with Gasteiger partial charge in [-0.25, -0.2) is 4.79 Å². The second kappa shape index (κ2) is 11.5. The predicted octanol–water partition coefficient (Wildman–Crippen LogP) is 7.96. The van der Waals surface area contributed by atoms with Crippen molar-refractivity contribution in [2.75, 3.05) is 16.0 Å². The van der Waals surface area contributed by atoms with Gasteiger partial charge in [0.15, 0.2) is 0 Å². The van der Waals surface area contributed by atoms with Crippen LogP contribution in [0.4, 0.5) is 21.9 Å². The average molecular weight is 504 g/mol. The van der Waals surface area contributed by atoms with Gasteiger partial charge >= 0.3 is 6.03 Å². The maximum Gasteiger partial charge on any atom is 0.323 e. The van der Waals surface area contributed by atoms with Gasteiger partial charge in [0.05, 0.1) is 0 Å². The first-order chi connectivity index (χ1) is 18.2. The Morgan fingerprint density at radius 1 is 0.568 bits per heavy atom. The van der Waals surface area contributed by atoms with E-state index in [2.05, 4.69) is 16.0 Å². The van der Waals surface area contributed by atoms with E-state index in [0.29, 0.717) is 5.69 Å². The number of nitrogens with one attached hydrogen (secondary N) is 3. The Morgan fingerprint density at radius 3 is 1.89 bits per heavy atom. The molecule has 5 aromatic carbocycles. The van der Waals surface area contributed by atoms with Crippen LogP contribution in [-0.4, -0.2) is 11.9 Å². The molecule has 0 saturated heterocycles. The summed E-state index contributed by atoms with van der Waals surface area (Å²) in [4.78, 5) is 26.8. The van der Waals surface area contributed by atoms with Crippen LogP contribution in [0.25, 0.3) is 10.8 Å². The van der Waals surface area contributed by atoms with Crippen molar-refractivity contribution in [3.05, 3.63) is 133 Å². The van der Waals surface area contributed by atoms with Gasteiger partial charge in [-0.05, 0) is 53.4 Å². The summed E-state index contributed by atoms with van der Waals surface area (Å²) in [6.45, 7) is 0. The van der Waals surface area contributed by atoms with E-state index in [0.717, 1.165) is 32.6 Å². The van der Waals surface area contributed by atoms with E-state index in [-0.39, 0.29) is 11.9 Å². The van der Waals surface area contributed by atoms with Crippen molar-refractivity contribution < 1.29 is 9.59 Å². The third-order valence-electron chi connectivity index (χ3n) is 5.79. The maximum absolute atomic E-state index is 13.5. The Balaban J connectivity index is 1.31. The molecule has 5 nitrogen and oxygen atoms in total. The van der Waals surface area contributed by atoms with Gasteiger partial charge in [0, 0.05) is 27.3 Å². The van der Waals surface area contributed by atoms with Gasteiger partial charge < -0.3 is 16.0 Å². The minimum absolute atomic E-state index is 0.100. The Bertz CT molecular complexity index is 1500. The lowest BCUT2D eigenvalue weighted by Gasteiger charge is -2.18. The number of hydrogen-bond donors (Lipinski definition) is 3. The fraction of sp³-hybridized carbons (Fsp3) is 0.0323. The van der Waals surface area contributed by atoms with Crippen LogP contribution in [0.2, 0.25) is 0 Å². The average Bonchev–Trinajstić information content (AvgIpc) is 2.94. The SMILES string of the molecule is O=C(Nc1ccccc1)Nc1ccc(SC(C(=O)Nc2cccc3ccccc23)c2ccccc2)cc1. The molecule has 0 bridgehead atoms. The molecule has 0 aliphatic heterocycles. The van der Waals surface area contributed by atoms with E-state index in [1.807, 2.05) is 127 Å². The van der Waals surface area contributed by atoms with E-state index >= 15 is 0 Å². The van der Waals surface area contributed by atoms with Gasteiger partial charge in [-0.15, -0.1) is 11.8 Å². The van der Waals surface area contributed by atoms with E-state index in [1.54, 1.807) is 0 Å². The third-order valence-corrected chi connectivity index (χ3v) is 7.05. The summed E-state index contributed by atoms with van der Waals surface area (Å²) in [6.07, 6.45) is 0. The molecule has 5 rings (SSSR count). The first-order valence-electron chi connectivity index (χ1n) is 11.9. The Labute approximate surface area is 219 Å². The maximum atomic E-state index is 13.5. The Morgan fingerprint density at radius 2 is 1.16 bits per heavy atom. The van der Waals surface area contributed by atoms with E-state index < -0.39 is 5.25 Å². The number of anilines is 3. The monoisotopic (exact) mass is 503 g/mol. The molecular weight excluding hydrogens is 478 g/mol. The van der Waals surface area contributed by atoms with Gasteiger partial charge in [-0.1, -0.05) is 84.9 Å². The number of rotatable bonds is 7. The topological polar surface area (TPSA) is 70.2 Å². The summed E-state index contributed by atoms with van der Waals surface area (Å²) in [7, 11) is 0. The van der Waals surface area contributed by atoms with E-state index in [4.69, 9.17) is 0 Å². The molecule has 0 saturated carbocycles. The van der Waals surface area contributed by atoms with Crippen LogP contribution in [0.1, 0.15) is 10.8 Å². The molecule has 37 heavy (non-hydrogen) atoms. The van der Waals surface area contributed by atoms with Crippen molar-refractivity contribution in [1.82, 2.24) is 0 Å². The summed E-state index contributed by atoms with van der Waals surface area (Å²) in [5.41, 5.74) is 3.08. The zero-order valence-corrected chi connectivity index (χ0v) is 20.7. The molecule has 1 atom stereocenters. The number of urea groups is 1. The molecule has 6 heteroatoms. The van der Waals surface area contributed by atoms with Gasteiger partial charge in [-0.2, -0.15) is 0 Å². The molecule has 0 fully saturated rings. The Hall–Kier alpha value is -4.55. The summed E-state index contributed by atoms with van der Waals surface area (Å²) >= 11 is 1.46. The first kappa shape index (κ1) is 24.2. The number of thioether (sulfide) groups is 1. The predicted molar refractivity (Wildman–Crippen MR) is 153 cm³/mol. The molecule has 5 aromatic rings. The van der Waals surface area contributed by atoms with Crippen molar-refractivity contribution in [1.29, 1.82) is 0 Å². The minimum Gasteiger partial charge on any atom is -0.324 e. The summed E-state index contributed by atoms with van der Waals surface area (Å²) in [5, 5.41) is 10.4. The first-order valence-corrected chi connectivity index (χ1v) is 12.8. The van der Waals surface area contributed by atoms with Crippen LogP contribution < -0.4 is 16.0 Å². The van der Waals surface area contributed by atoms with E-state index in [1.165, 1.54) is 11.8 Å². The lowest BCUT2D eigenvalue weighted by atomic mass is 10.1. The molecule has 0 aliphatic rings. The largest absolute Gasteiger partial charge is 0.324 e. The zero-order chi connectivity index (χ0) is 25.5.